The Morgan fingerprint density at radius 2 is 2.00 bits per heavy atom. The van der Waals surface area contributed by atoms with Crippen LogP contribution in [-0.2, 0) is 6.42 Å². The summed E-state index contributed by atoms with van der Waals surface area (Å²) >= 11 is 1.69. The second kappa shape index (κ2) is 5.69. The van der Waals surface area contributed by atoms with E-state index in [-0.39, 0.29) is 0 Å². The summed E-state index contributed by atoms with van der Waals surface area (Å²) in [5.74, 6) is 1.50. The van der Waals surface area contributed by atoms with Crippen LogP contribution < -0.4 is 10.6 Å². The summed E-state index contributed by atoms with van der Waals surface area (Å²) in [5.41, 5.74) is 2.38. The molecule has 1 aromatic carbocycles. The lowest BCUT2D eigenvalue weighted by molar-refractivity contribution is 1.13. The first-order chi connectivity index (χ1) is 10.2. The summed E-state index contributed by atoms with van der Waals surface area (Å²) in [6.07, 6.45) is 0.985. The number of fused-ring (bicyclic) bond motifs is 1. The molecule has 21 heavy (non-hydrogen) atoms. The smallest absolute Gasteiger partial charge is 0.225 e. The zero-order chi connectivity index (χ0) is 14.8. The van der Waals surface area contributed by atoms with E-state index in [9.17, 15) is 0 Å². The van der Waals surface area contributed by atoms with Crippen molar-refractivity contribution in [3.05, 3.63) is 40.8 Å². The van der Waals surface area contributed by atoms with E-state index in [1.807, 2.05) is 13.1 Å². The number of aryl methyl sites for hydroxylation is 2. The fraction of sp³-hybridized carbons (Fsp3) is 0.250. The third-order valence-electron chi connectivity index (χ3n) is 3.39. The average molecular weight is 298 g/mol. The summed E-state index contributed by atoms with van der Waals surface area (Å²) in [6, 6.07) is 10.5. The summed E-state index contributed by atoms with van der Waals surface area (Å²) in [6.45, 7) is 4.25. The van der Waals surface area contributed by atoms with Gasteiger partial charge in [0.1, 0.15) is 10.6 Å². The molecule has 0 unspecified atom stereocenters. The van der Waals surface area contributed by atoms with E-state index < -0.39 is 0 Å². The second-order valence-electron chi connectivity index (χ2n) is 4.86. The van der Waals surface area contributed by atoms with Gasteiger partial charge in [0.05, 0.1) is 5.39 Å². The van der Waals surface area contributed by atoms with Gasteiger partial charge in [-0.05, 0) is 31.0 Å². The molecule has 108 valence electrons. The van der Waals surface area contributed by atoms with Crippen molar-refractivity contribution in [1.29, 1.82) is 0 Å². The third-order valence-corrected chi connectivity index (χ3v) is 4.34. The van der Waals surface area contributed by atoms with Gasteiger partial charge in [0.15, 0.2) is 0 Å². The molecule has 4 nitrogen and oxygen atoms in total. The van der Waals surface area contributed by atoms with Crippen LogP contribution in [-0.4, -0.2) is 17.0 Å². The fourth-order valence-corrected chi connectivity index (χ4v) is 3.21. The van der Waals surface area contributed by atoms with Crippen LogP contribution in [0.1, 0.15) is 17.4 Å². The van der Waals surface area contributed by atoms with E-state index in [4.69, 9.17) is 0 Å². The molecule has 0 radical (unpaired) electrons. The van der Waals surface area contributed by atoms with Gasteiger partial charge in [-0.25, -0.2) is 4.98 Å². The van der Waals surface area contributed by atoms with Gasteiger partial charge in [0, 0.05) is 17.6 Å². The minimum atomic E-state index is 0.640. The molecule has 5 heteroatoms. The number of hydrogen-bond acceptors (Lipinski definition) is 5. The number of nitrogens with zero attached hydrogens (tertiary/aromatic N) is 2. The number of anilines is 3. The highest BCUT2D eigenvalue weighted by Gasteiger charge is 2.11. The topological polar surface area (TPSA) is 49.8 Å². The molecule has 0 bridgehead atoms. The Balaban J connectivity index is 2.10. The fourth-order valence-electron chi connectivity index (χ4n) is 2.33. The quantitative estimate of drug-likeness (QED) is 0.752. The molecule has 0 saturated heterocycles. The lowest BCUT2D eigenvalue weighted by Gasteiger charge is -2.11. The molecular formula is C16H18N4S. The number of rotatable bonds is 4. The largest absolute Gasteiger partial charge is 0.357 e. The van der Waals surface area contributed by atoms with E-state index in [0.29, 0.717) is 5.95 Å². The summed E-state index contributed by atoms with van der Waals surface area (Å²) in [7, 11) is 1.84. The molecule has 3 aromatic rings. The van der Waals surface area contributed by atoms with Crippen LogP contribution >= 0.6 is 11.3 Å². The molecule has 2 N–H and O–H groups in total. The molecule has 0 saturated carbocycles. The third kappa shape index (κ3) is 2.69. The summed E-state index contributed by atoms with van der Waals surface area (Å²) in [5, 5.41) is 7.57. The molecule has 3 rings (SSSR count). The van der Waals surface area contributed by atoms with Gasteiger partial charge in [0.2, 0.25) is 5.95 Å². The number of para-hydroxylation sites is 1. The van der Waals surface area contributed by atoms with Crippen molar-refractivity contribution in [2.24, 2.45) is 0 Å². The first kappa shape index (κ1) is 13.8. The number of aromatic nitrogens is 2. The molecule has 0 aliphatic rings. The molecule has 0 atom stereocenters. The van der Waals surface area contributed by atoms with E-state index in [0.717, 1.165) is 28.1 Å². The van der Waals surface area contributed by atoms with Gasteiger partial charge in [-0.2, -0.15) is 4.98 Å². The maximum absolute atomic E-state index is 4.58. The Morgan fingerprint density at radius 3 is 2.76 bits per heavy atom. The predicted octanol–water partition coefficient (Wildman–Crippen LogP) is 4.35. The van der Waals surface area contributed by atoms with Crippen molar-refractivity contribution in [1.82, 2.24) is 9.97 Å². The SMILES string of the molecule is CCc1ccccc1Nc1nc(NC)nc2sc(C)cc12. The second-order valence-corrected chi connectivity index (χ2v) is 6.09. The zero-order valence-electron chi connectivity index (χ0n) is 12.4. The highest BCUT2D eigenvalue weighted by Crippen LogP contribution is 2.32. The monoisotopic (exact) mass is 298 g/mol. The number of benzene rings is 1. The van der Waals surface area contributed by atoms with E-state index >= 15 is 0 Å². The maximum atomic E-state index is 4.58. The molecule has 0 spiro atoms. The zero-order valence-corrected chi connectivity index (χ0v) is 13.2. The summed E-state index contributed by atoms with van der Waals surface area (Å²) < 4.78 is 0. The van der Waals surface area contributed by atoms with Crippen LogP contribution in [0.5, 0.6) is 0 Å². The van der Waals surface area contributed by atoms with Crippen LogP contribution in [0.4, 0.5) is 17.5 Å². The predicted molar refractivity (Wildman–Crippen MR) is 90.8 cm³/mol. The van der Waals surface area contributed by atoms with Crippen LogP contribution in [0.2, 0.25) is 0 Å². The maximum Gasteiger partial charge on any atom is 0.225 e. The Hall–Kier alpha value is -2.14. The van der Waals surface area contributed by atoms with Crippen molar-refractivity contribution >= 4 is 39.0 Å². The van der Waals surface area contributed by atoms with Gasteiger partial charge < -0.3 is 10.6 Å². The number of thiophene rings is 1. The lowest BCUT2D eigenvalue weighted by Crippen LogP contribution is -2.02. The number of hydrogen-bond donors (Lipinski definition) is 2. The summed E-state index contributed by atoms with van der Waals surface area (Å²) in [4.78, 5) is 11.3. The molecule has 0 aliphatic carbocycles. The first-order valence-corrected chi connectivity index (χ1v) is 7.83. The molecule has 0 amide bonds. The average Bonchev–Trinajstić information content (AvgIpc) is 2.88. The Kier molecular flexibility index (Phi) is 3.75. The van der Waals surface area contributed by atoms with Crippen LogP contribution in [0.15, 0.2) is 30.3 Å². The van der Waals surface area contributed by atoms with Crippen LogP contribution in [0.25, 0.3) is 10.2 Å². The Bertz CT molecular complexity index is 779. The van der Waals surface area contributed by atoms with Gasteiger partial charge in [-0.3, -0.25) is 0 Å². The van der Waals surface area contributed by atoms with Crippen molar-refractivity contribution in [2.45, 2.75) is 20.3 Å². The van der Waals surface area contributed by atoms with Crippen LogP contribution in [0.3, 0.4) is 0 Å². The minimum absolute atomic E-state index is 0.640. The minimum Gasteiger partial charge on any atom is -0.357 e. The lowest BCUT2D eigenvalue weighted by atomic mass is 10.1. The van der Waals surface area contributed by atoms with Crippen molar-refractivity contribution in [2.75, 3.05) is 17.7 Å². The van der Waals surface area contributed by atoms with E-state index in [1.165, 1.54) is 10.4 Å². The molecule has 0 aliphatic heterocycles. The van der Waals surface area contributed by atoms with E-state index in [2.05, 4.69) is 58.7 Å². The molecule has 2 heterocycles. The Morgan fingerprint density at radius 1 is 1.19 bits per heavy atom. The van der Waals surface area contributed by atoms with Gasteiger partial charge in [-0.1, -0.05) is 25.1 Å². The normalized spacial score (nSPS) is 10.8. The first-order valence-electron chi connectivity index (χ1n) is 7.02. The molecule has 0 fully saturated rings. The van der Waals surface area contributed by atoms with E-state index in [1.54, 1.807) is 11.3 Å². The standard InChI is InChI=1S/C16H18N4S/c1-4-11-7-5-6-8-13(11)18-14-12-9-10(2)21-15(12)20-16(17-3)19-14/h5-9H,4H2,1-3H3,(H2,17,18,19,20). The van der Waals surface area contributed by atoms with Gasteiger partial charge in [0.25, 0.3) is 0 Å². The van der Waals surface area contributed by atoms with Crippen molar-refractivity contribution in [3.63, 3.8) is 0 Å². The molecule has 2 aromatic heterocycles. The van der Waals surface area contributed by atoms with Gasteiger partial charge >= 0.3 is 0 Å². The van der Waals surface area contributed by atoms with Gasteiger partial charge in [-0.15, -0.1) is 11.3 Å². The highest BCUT2D eigenvalue weighted by atomic mass is 32.1. The number of nitrogens with one attached hydrogen (secondary N) is 2. The molecular weight excluding hydrogens is 280 g/mol. The highest BCUT2D eigenvalue weighted by molar-refractivity contribution is 7.18. The van der Waals surface area contributed by atoms with Crippen LogP contribution in [0, 0.1) is 6.92 Å². The Labute approximate surface area is 128 Å². The van der Waals surface area contributed by atoms with Crippen molar-refractivity contribution < 1.29 is 0 Å². The van der Waals surface area contributed by atoms with Crippen molar-refractivity contribution in [3.8, 4) is 0 Å².